The molecule has 0 saturated carbocycles. The summed E-state index contributed by atoms with van der Waals surface area (Å²) in [5, 5.41) is 19.1. The summed E-state index contributed by atoms with van der Waals surface area (Å²) < 4.78 is 39.2. The van der Waals surface area contributed by atoms with Gasteiger partial charge in [0.15, 0.2) is 0 Å². The van der Waals surface area contributed by atoms with Crippen molar-refractivity contribution in [1.29, 1.82) is 0 Å². The molecule has 0 aliphatic carbocycles. The SMILES string of the molecule is Clc1ccccc1OCc1cn(C2CNC2)nn1.O=C(O)C(F)(F)F. The number of aliphatic carboxylic acids is 1. The van der Waals surface area contributed by atoms with E-state index in [1.54, 1.807) is 6.07 Å². The highest BCUT2D eigenvalue weighted by atomic mass is 35.5. The number of aromatic nitrogens is 3. The van der Waals surface area contributed by atoms with E-state index in [4.69, 9.17) is 26.2 Å². The van der Waals surface area contributed by atoms with E-state index in [0.29, 0.717) is 23.4 Å². The molecule has 0 atom stereocenters. The van der Waals surface area contributed by atoms with Gasteiger partial charge in [-0.3, -0.25) is 0 Å². The molecule has 1 saturated heterocycles. The van der Waals surface area contributed by atoms with Crippen LogP contribution in [0, 0.1) is 0 Å². The number of benzene rings is 1. The van der Waals surface area contributed by atoms with Crippen LogP contribution < -0.4 is 10.1 Å². The second kappa shape index (κ2) is 8.17. The van der Waals surface area contributed by atoms with Crippen LogP contribution in [0.4, 0.5) is 13.2 Å². The minimum atomic E-state index is -5.08. The van der Waals surface area contributed by atoms with Gasteiger partial charge in [-0.25, -0.2) is 9.48 Å². The van der Waals surface area contributed by atoms with Gasteiger partial charge in [-0.15, -0.1) is 5.10 Å². The third-order valence-corrected chi connectivity index (χ3v) is 3.46. The number of hydrogen-bond acceptors (Lipinski definition) is 5. The second-order valence-electron chi connectivity index (χ2n) is 5.02. The molecule has 1 aliphatic heterocycles. The first-order valence-corrected chi connectivity index (χ1v) is 7.44. The molecule has 2 N–H and O–H groups in total. The van der Waals surface area contributed by atoms with E-state index in [1.807, 2.05) is 29.1 Å². The molecule has 11 heteroatoms. The average molecular weight is 379 g/mol. The molecule has 0 unspecified atom stereocenters. The van der Waals surface area contributed by atoms with E-state index in [1.165, 1.54) is 0 Å². The standard InChI is InChI=1S/C12H13ClN4O.C2HF3O2/c13-11-3-1-2-4-12(11)18-8-9-7-17(16-15-9)10-5-14-6-10;3-2(4,5)1(6)7/h1-4,7,10,14H,5-6,8H2;(H,6,7). The summed E-state index contributed by atoms with van der Waals surface area (Å²) in [6.07, 6.45) is -3.16. The lowest BCUT2D eigenvalue weighted by Crippen LogP contribution is -2.43. The molecule has 25 heavy (non-hydrogen) atoms. The van der Waals surface area contributed by atoms with Crippen LogP contribution in [0.5, 0.6) is 5.75 Å². The molecule has 2 heterocycles. The van der Waals surface area contributed by atoms with E-state index in [2.05, 4.69) is 15.6 Å². The Labute approximate surface area is 145 Å². The first kappa shape index (κ1) is 19.0. The second-order valence-corrected chi connectivity index (χ2v) is 5.43. The van der Waals surface area contributed by atoms with Crippen LogP contribution >= 0.6 is 11.6 Å². The fourth-order valence-electron chi connectivity index (χ4n) is 1.73. The molecule has 0 amide bonds. The maximum Gasteiger partial charge on any atom is 0.490 e. The summed E-state index contributed by atoms with van der Waals surface area (Å²) in [4.78, 5) is 8.90. The number of carboxylic acids is 1. The molecule has 1 aromatic heterocycles. The predicted molar refractivity (Wildman–Crippen MR) is 81.4 cm³/mol. The Hall–Kier alpha value is -2.33. The monoisotopic (exact) mass is 378 g/mol. The highest BCUT2D eigenvalue weighted by Crippen LogP contribution is 2.23. The Morgan fingerprint density at radius 2 is 2.04 bits per heavy atom. The lowest BCUT2D eigenvalue weighted by molar-refractivity contribution is -0.192. The molecule has 2 aromatic rings. The van der Waals surface area contributed by atoms with Crippen LogP contribution in [0.1, 0.15) is 11.7 Å². The Bertz CT molecular complexity index is 719. The number of carbonyl (C=O) groups is 1. The lowest BCUT2D eigenvalue weighted by Gasteiger charge is -2.26. The summed E-state index contributed by atoms with van der Waals surface area (Å²) in [5.74, 6) is -2.09. The van der Waals surface area contributed by atoms with Crippen molar-refractivity contribution in [3.63, 3.8) is 0 Å². The number of rotatable bonds is 4. The van der Waals surface area contributed by atoms with Gasteiger partial charge < -0.3 is 15.2 Å². The van der Waals surface area contributed by atoms with Gasteiger partial charge in [-0.05, 0) is 12.1 Å². The number of halogens is 4. The molecule has 0 bridgehead atoms. The topological polar surface area (TPSA) is 89.3 Å². The molecule has 0 radical (unpaired) electrons. The summed E-state index contributed by atoms with van der Waals surface area (Å²) in [7, 11) is 0. The molecule has 1 aliphatic rings. The van der Waals surface area contributed by atoms with Crippen LogP contribution in [-0.2, 0) is 11.4 Å². The van der Waals surface area contributed by atoms with Gasteiger partial charge in [0.2, 0.25) is 0 Å². The van der Waals surface area contributed by atoms with Crippen molar-refractivity contribution in [1.82, 2.24) is 20.3 Å². The largest absolute Gasteiger partial charge is 0.490 e. The van der Waals surface area contributed by atoms with Crippen LogP contribution in [0.15, 0.2) is 30.5 Å². The molecule has 136 valence electrons. The summed E-state index contributed by atoms with van der Waals surface area (Å²) in [6, 6.07) is 7.82. The highest BCUT2D eigenvalue weighted by Gasteiger charge is 2.38. The highest BCUT2D eigenvalue weighted by molar-refractivity contribution is 6.32. The zero-order chi connectivity index (χ0) is 18.4. The van der Waals surface area contributed by atoms with Gasteiger partial charge in [0.1, 0.15) is 18.1 Å². The molecule has 1 fully saturated rings. The van der Waals surface area contributed by atoms with Crippen molar-refractivity contribution in [2.75, 3.05) is 13.1 Å². The normalized spacial score (nSPS) is 14.2. The number of ether oxygens (including phenoxy) is 1. The van der Waals surface area contributed by atoms with Crippen molar-refractivity contribution in [2.24, 2.45) is 0 Å². The Kier molecular flexibility index (Phi) is 6.21. The zero-order valence-corrected chi connectivity index (χ0v) is 13.5. The van der Waals surface area contributed by atoms with Gasteiger partial charge in [0.05, 0.1) is 17.3 Å². The van der Waals surface area contributed by atoms with Crippen LogP contribution in [0.2, 0.25) is 5.02 Å². The van der Waals surface area contributed by atoms with Crippen molar-refractivity contribution < 1.29 is 27.8 Å². The van der Waals surface area contributed by atoms with E-state index >= 15 is 0 Å². The molecule has 1 aromatic carbocycles. The average Bonchev–Trinajstić information content (AvgIpc) is 2.92. The Balaban J connectivity index is 0.000000277. The number of para-hydroxylation sites is 1. The van der Waals surface area contributed by atoms with Crippen molar-refractivity contribution in [3.05, 3.63) is 41.2 Å². The van der Waals surface area contributed by atoms with Gasteiger partial charge in [0, 0.05) is 13.1 Å². The number of nitrogens with one attached hydrogen (secondary N) is 1. The maximum atomic E-state index is 10.6. The number of hydrogen-bond donors (Lipinski definition) is 2. The van der Waals surface area contributed by atoms with Crippen molar-refractivity contribution in [3.8, 4) is 5.75 Å². The summed E-state index contributed by atoms with van der Waals surface area (Å²) >= 11 is 6.00. The third-order valence-electron chi connectivity index (χ3n) is 3.15. The van der Waals surface area contributed by atoms with Crippen molar-refractivity contribution >= 4 is 17.6 Å². The van der Waals surface area contributed by atoms with Crippen LogP contribution in [0.3, 0.4) is 0 Å². The van der Waals surface area contributed by atoms with E-state index in [-0.39, 0.29) is 0 Å². The summed E-state index contributed by atoms with van der Waals surface area (Å²) in [5.41, 5.74) is 0.807. The first-order chi connectivity index (χ1) is 11.8. The molecule has 7 nitrogen and oxygen atoms in total. The number of nitrogens with zero attached hydrogens (tertiary/aromatic N) is 3. The smallest absolute Gasteiger partial charge is 0.486 e. The number of carboxylic acid groups (broad SMARTS) is 1. The molecular weight excluding hydrogens is 365 g/mol. The quantitative estimate of drug-likeness (QED) is 0.848. The van der Waals surface area contributed by atoms with Gasteiger partial charge >= 0.3 is 12.1 Å². The number of alkyl halides is 3. The van der Waals surface area contributed by atoms with E-state index in [0.717, 1.165) is 18.8 Å². The van der Waals surface area contributed by atoms with Gasteiger partial charge in [-0.1, -0.05) is 28.9 Å². The van der Waals surface area contributed by atoms with Crippen LogP contribution in [-0.4, -0.2) is 45.3 Å². The minimum absolute atomic E-state index is 0.379. The first-order valence-electron chi connectivity index (χ1n) is 7.06. The zero-order valence-electron chi connectivity index (χ0n) is 12.7. The van der Waals surface area contributed by atoms with E-state index < -0.39 is 12.1 Å². The molecular formula is C14H14ClF3N4O3. The fraction of sp³-hybridized carbons (Fsp3) is 0.357. The molecule has 0 spiro atoms. The predicted octanol–water partition coefficient (Wildman–Crippen LogP) is 2.29. The minimum Gasteiger partial charge on any atom is -0.486 e. The maximum absolute atomic E-state index is 10.6. The van der Waals surface area contributed by atoms with E-state index in [9.17, 15) is 13.2 Å². The van der Waals surface area contributed by atoms with Gasteiger partial charge in [-0.2, -0.15) is 13.2 Å². The van der Waals surface area contributed by atoms with Crippen molar-refractivity contribution in [2.45, 2.75) is 18.8 Å². The third kappa shape index (κ3) is 5.61. The Morgan fingerprint density at radius 3 is 2.56 bits per heavy atom. The molecule has 3 rings (SSSR count). The lowest BCUT2D eigenvalue weighted by atomic mass is 10.2. The van der Waals surface area contributed by atoms with Crippen LogP contribution in [0.25, 0.3) is 0 Å². The Morgan fingerprint density at radius 1 is 1.40 bits per heavy atom. The van der Waals surface area contributed by atoms with Gasteiger partial charge in [0.25, 0.3) is 0 Å². The fourth-order valence-corrected chi connectivity index (χ4v) is 1.92. The summed E-state index contributed by atoms with van der Waals surface area (Å²) in [6.45, 7) is 2.28.